The number of piperidine rings is 1. The fourth-order valence-corrected chi connectivity index (χ4v) is 3.50. The predicted octanol–water partition coefficient (Wildman–Crippen LogP) is 3.52. The van der Waals surface area contributed by atoms with Crippen molar-refractivity contribution in [1.29, 1.82) is 0 Å². The van der Waals surface area contributed by atoms with Gasteiger partial charge in [-0.1, -0.05) is 27.2 Å². The molecule has 1 unspecified atom stereocenters. The van der Waals surface area contributed by atoms with E-state index in [1.54, 1.807) is 0 Å². The largest absolute Gasteiger partial charge is 0.348 e. The van der Waals surface area contributed by atoms with Gasteiger partial charge in [-0.25, -0.2) is 4.98 Å². The molecule has 1 aliphatic rings. The smallest absolute Gasteiger partial charge is 0.185 e. The summed E-state index contributed by atoms with van der Waals surface area (Å²) in [6.07, 6.45) is 6.05. The van der Waals surface area contributed by atoms with E-state index < -0.39 is 0 Å². The molecule has 4 heteroatoms. The second-order valence-corrected chi connectivity index (χ2v) is 7.09. The molecule has 0 spiro atoms. The molecule has 1 saturated heterocycles. The van der Waals surface area contributed by atoms with E-state index >= 15 is 0 Å². The second kappa shape index (κ2) is 7.25. The Morgan fingerprint density at radius 3 is 3.11 bits per heavy atom. The van der Waals surface area contributed by atoms with Crippen LogP contribution < -0.4 is 10.2 Å². The maximum absolute atomic E-state index is 4.61. The van der Waals surface area contributed by atoms with Crippen molar-refractivity contribution in [3.8, 4) is 0 Å². The SMILES string of the molecule is CCC1CCCN(c2ncc(CNCC(C)C)s2)C1. The Balaban J connectivity index is 1.85. The topological polar surface area (TPSA) is 28.2 Å². The van der Waals surface area contributed by atoms with Gasteiger partial charge in [-0.2, -0.15) is 0 Å². The average Bonchev–Trinajstić information content (AvgIpc) is 2.87. The molecule has 1 aliphatic heterocycles. The van der Waals surface area contributed by atoms with E-state index in [0.717, 1.165) is 19.0 Å². The first-order valence-electron chi connectivity index (χ1n) is 7.59. The van der Waals surface area contributed by atoms with Crippen molar-refractivity contribution in [2.24, 2.45) is 11.8 Å². The number of nitrogens with one attached hydrogen (secondary N) is 1. The van der Waals surface area contributed by atoms with E-state index in [9.17, 15) is 0 Å². The highest BCUT2D eigenvalue weighted by Crippen LogP contribution is 2.28. The lowest BCUT2D eigenvalue weighted by Gasteiger charge is -2.31. The zero-order chi connectivity index (χ0) is 13.7. The van der Waals surface area contributed by atoms with Crippen molar-refractivity contribution in [2.45, 2.75) is 46.6 Å². The Morgan fingerprint density at radius 2 is 2.37 bits per heavy atom. The molecule has 19 heavy (non-hydrogen) atoms. The number of rotatable bonds is 6. The summed E-state index contributed by atoms with van der Waals surface area (Å²) < 4.78 is 0. The summed E-state index contributed by atoms with van der Waals surface area (Å²) in [7, 11) is 0. The van der Waals surface area contributed by atoms with E-state index in [1.165, 1.54) is 42.4 Å². The summed E-state index contributed by atoms with van der Waals surface area (Å²) in [5.74, 6) is 1.57. The van der Waals surface area contributed by atoms with Crippen LogP contribution in [0.15, 0.2) is 6.20 Å². The molecular formula is C15H27N3S. The van der Waals surface area contributed by atoms with E-state index in [2.05, 4.69) is 36.0 Å². The number of anilines is 1. The first kappa shape index (κ1) is 14.8. The zero-order valence-corrected chi connectivity index (χ0v) is 13.3. The second-order valence-electron chi connectivity index (χ2n) is 6.00. The van der Waals surface area contributed by atoms with Gasteiger partial charge in [-0.15, -0.1) is 11.3 Å². The highest BCUT2D eigenvalue weighted by atomic mass is 32.1. The van der Waals surface area contributed by atoms with Crippen LogP contribution >= 0.6 is 11.3 Å². The number of hydrogen-bond acceptors (Lipinski definition) is 4. The van der Waals surface area contributed by atoms with E-state index in [1.807, 2.05) is 17.5 Å². The minimum atomic E-state index is 0.708. The highest BCUT2D eigenvalue weighted by Gasteiger charge is 2.20. The monoisotopic (exact) mass is 281 g/mol. The summed E-state index contributed by atoms with van der Waals surface area (Å²) in [4.78, 5) is 8.45. The van der Waals surface area contributed by atoms with Crippen LogP contribution in [-0.2, 0) is 6.54 Å². The van der Waals surface area contributed by atoms with E-state index in [-0.39, 0.29) is 0 Å². The predicted molar refractivity (Wildman–Crippen MR) is 83.9 cm³/mol. The summed E-state index contributed by atoms with van der Waals surface area (Å²) >= 11 is 1.86. The Morgan fingerprint density at radius 1 is 1.53 bits per heavy atom. The van der Waals surface area contributed by atoms with Crippen molar-refractivity contribution in [3.05, 3.63) is 11.1 Å². The fraction of sp³-hybridized carbons (Fsp3) is 0.800. The van der Waals surface area contributed by atoms with Crippen LogP contribution in [0.25, 0.3) is 0 Å². The summed E-state index contributed by atoms with van der Waals surface area (Å²) in [5, 5.41) is 4.71. The van der Waals surface area contributed by atoms with Gasteiger partial charge in [-0.3, -0.25) is 0 Å². The van der Waals surface area contributed by atoms with Gasteiger partial charge >= 0.3 is 0 Å². The summed E-state index contributed by atoms with van der Waals surface area (Å²) in [6.45, 7) is 11.2. The lowest BCUT2D eigenvalue weighted by atomic mass is 9.96. The molecule has 0 amide bonds. The first-order chi connectivity index (χ1) is 9.19. The van der Waals surface area contributed by atoms with Crippen molar-refractivity contribution < 1.29 is 0 Å². The normalized spacial score (nSPS) is 20.2. The minimum absolute atomic E-state index is 0.708. The standard InChI is InChI=1S/C15H27N3S/c1-4-13-6-5-7-18(11-13)15-17-10-14(19-15)9-16-8-12(2)3/h10,12-13,16H,4-9,11H2,1-3H3. The van der Waals surface area contributed by atoms with E-state index in [4.69, 9.17) is 0 Å². The number of hydrogen-bond donors (Lipinski definition) is 1. The molecule has 108 valence electrons. The molecule has 3 nitrogen and oxygen atoms in total. The summed E-state index contributed by atoms with van der Waals surface area (Å²) in [6, 6.07) is 0. The van der Waals surface area contributed by atoms with E-state index in [0.29, 0.717) is 5.92 Å². The van der Waals surface area contributed by atoms with Crippen molar-refractivity contribution in [1.82, 2.24) is 10.3 Å². The minimum Gasteiger partial charge on any atom is -0.348 e. The van der Waals surface area contributed by atoms with Gasteiger partial charge in [0.2, 0.25) is 0 Å². The zero-order valence-electron chi connectivity index (χ0n) is 12.5. The van der Waals surface area contributed by atoms with Gasteiger partial charge < -0.3 is 10.2 Å². The molecule has 1 aromatic heterocycles. The van der Waals surface area contributed by atoms with Crippen molar-refractivity contribution >= 4 is 16.5 Å². The molecular weight excluding hydrogens is 254 g/mol. The van der Waals surface area contributed by atoms with Gasteiger partial charge in [0.05, 0.1) is 0 Å². The molecule has 0 saturated carbocycles. The molecule has 1 N–H and O–H groups in total. The van der Waals surface area contributed by atoms with Crippen LogP contribution in [0.1, 0.15) is 44.9 Å². The van der Waals surface area contributed by atoms with Gasteiger partial charge in [0.25, 0.3) is 0 Å². The molecule has 0 radical (unpaired) electrons. The first-order valence-corrected chi connectivity index (χ1v) is 8.41. The third-order valence-electron chi connectivity index (χ3n) is 3.76. The highest BCUT2D eigenvalue weighted by molar-refractivity contribution is 7.15. The third kappa shape index (κ3) is 4.46. The van der Waals surface area contributed by atoms with Gasteiger partial charge in [0.1, 0.15) is 0 Å². The Kier molecular flexibility index (Phi) is 5.64. The lowest BCUT2D eigenvalue weighted by Crippen LogP contribution is -2.34. The van der Waals surface area contributed by atoms with Gasteiger partial charge in [-0.05, 0) is 31.2 Å². The van der Waals surface area contributed by atoms with Crippen LogP contribution in [0.4, 0.5) is 5.13 Å². The number of thiazole rings is 1. The molecule has 1 aromatic rings. The summed E-state index contributed by atoms with van der Waals surface area (Å²) in [5.41, 5.74) is 0. The molecule has 0 bridgehead atoms. The Bertz CT molecular complexity index is 375. The van der Waals surface area contributed by atoms with Crippen LogP contribution in [0.5, 0.6) is 0 Å². The third-order valence-corrected chi connectivity index (χ3v) is 4.82. The van der Waals surface area contributed by atoms with Crippen molar-refractivity contribution in [3.63, 3.8) is 0 Å². The number of aromatic nitrogens is 1. The van der Waals surface area contributed by atoms with Gasteiger partial charge in [0, 0.05) is 30.7 Å². The molecule has 0 aromatic carbocycles. The van der Waals surface area contributed by atoms with Crippen LogP contribution in [0, 0.1) is 11.8 Å². The molecule has 1 atom stereocenters. The average molecular weight is 281 g/mol. The van der Waals surface area contributed by atoms with Gasteiger partial charge in [0.15, 0.2) is 5.13 Å². The maximum atomic E-state index is 4.61. The fourth-order valence-electron chi connectivity index (χ4n) is 2.58. The molecule has 1 fully saturated rings. The number of nitrogens with zero attached hydrogens (tertiary/aromatic N) is 2. The lowest BCUT2D eigenvalue weighted by molar-refractivity contribution is 0.404. The molecule has 2 heterocycles. The Hall–Kier alpha value is -0.610. The van der Waals surface area contributed by atoms with Crippen LogP contribution in [0.3, 0.4) is 0 Å². The van der Waals surface area contributed by atoms with Crippen molar-refractivity contribution in [2.75, 3.05) is 24.5 Å². The molecule has 0 aliphatic carbocycles. The van der Waals surface area contributed by atoms with Crippen LogP contribution in [-0.4, -0.2) is 24.6 Å². The quantitative estimate of drug-likeness (QED) is 0.865. The van der Waals surface area contributed by atoms with Crippen LogP contribution in [0.2, 0.25) is 0 Å². The molecule has 2 rings (SSSR count). The Labute approximate surface area is 121 Å². The maximum Gasteiger partial charge on any atom is 0.185 e.